The summed E-state index contributed by atoms with van der Waals surface area (Å²) in [6.45, 7) is 0. The Morgan fingerprint density at radius 1 is 0.947 bits per heavy atom. The molecular formula is C31H31N5O2. The minimum atomic E-state index is -0.856. The number of aryl methyl sites for hydroxylation is 1. The zero-order chi connectivity index (χ0) is 25.8. The molecule has 3 heterocycles. The molecule has 7 rings (SSSR count). The highest BCUT2D eigenvalue weighted by molar-refractivity contribution is 5.86. The Balaban J connectivity index is 1.07. The molecule has 5 atom stereocenters. The second-order valence-corrected chi connectivity index (χ2v) is 10.9. The molecule has 2 aliphatic carbocycles. The standard InChI is InChI=1S/C31H31N5O2/c32-30-24-10-11-36(31(24)34-17-33-30)27-16-21(28(37)29(27)38)9-7-18-6-8-20-13-23-14-22(19-4-2-1-3-5-19)15-26(23)35-25(20)12-18/h1-6,8,10-13,17,21-22,27-29,37-38H,7,9,14-16H2,(H2,32,33,34)/t21-,22+,27+,28+,29-/m0/s1. The summed E-state index contributed by atoms with van der Waals surface area (Å²) in [6, 6.07) is 21.2. The first-order chi connectivity index (χ1) is 18.5. The molecule has 3 aromatic heterocycles. The van der Waals surface area contributed by atoms with Crippen LogP contribution in [0.1, 0.15) is 47.2 Å². The van der Waals surface area contributed by atoms with Gasteiger partial charge >= 0.3 is 0 Å². The molecule has 0 saturated heterocycles. The summed E-state index contributed by atoms with van der Waals surface area (Å²) in [4.78, 5) is 13.5. The minimum absolute atomic E-state index is 0.0121. The lowest BCUT2D eigenvalue weighted by Crippen LogP contribution is -2.29. The Bertz CT molecular complexity index is 1630. The predicted octanol–water partition coefficient (Wildman–Crippen LogP) is 4.36. The fourth-order valence-electron chi connectivity index (χ4n) is 6.61. The number of nitrogens with zero attached hydrogens (tertiary/aromatic N) is 4. The van der Waals surface area contributed by atoms with E-state index in [2.05, 4.69) is 64.6 Å². The van der Waals surface area contributed by atoms with E-state index in [-0.39, 0.29) is 12.0 Å². The van der Waals surface area contributed by atoms with Crippen molar-refractivity contribution in [2.45, 2.75) is 56.3 Å². The number of hydrogen-bond donors (Lipinski definition) is 3. The van der Waals surface area contributed by atoms with Gasteiger partial charge in [0.2, 0.25) is 0 Å². The zero-order valence-corrected chi connectivity index (χ0v) is 21.1. The number of fused-ring (bicyclic) bond motifs is 3. The molecular weight excluding hydrogens is 474 g/mol. The monoisotopic (exact) mass is 505 g/mol. The van der Waals surface area contributed by atoms with Crippen LogP contribution < -0.4 is 5.73 Å². The van der Waals surface area contributed by atoms with Crippen LogP contribution in [0.25, 0.3) is 21.9 Å². The number of benzene rings is 2. The van der Waals surface area contributed by atoms with Crippen LogP contribution in [-0.2, 0) is 19.3 Å². The summed E-state index contributed by atoms with van der Waals surface area (Å²) in [5.41, 5.74) is 12.9. The average Bonchev–Trinajstić information content (AvgIpc) is 3.63. The Kier molecular flexibility index (Phi) is 5.64. The number of nitrogen functional groups attached to an aromatic ring is 1. The summed E-state index contributed by atoms with van der Waals surface area (Å²) in [5.74, 6) is 0.907. The smallest absolute Gasteiger partial charge is 0.145 e. The number of anilines is 1. The van der Waals surface area contributed by atoms with Crippen LogP contribution in [0.4, 0.5) is 5.82 Å². The summed E-state index contributed by atoms with van der Waals surface area (Å²) in [6.07, 6.45) is 6.00. The van der Waals surface area contributed by atoms with Gasteiger partial charge < -0.3 is 20.5 Å². The lowest BCUT2D eigenvalue weighted by Gasteiger charge is -2.19. The fourth-order valence-corrected chi connectivity index (χ4v) is 6.61. The van der Waals surface area contributed by atoms with Gasteiger partial charge in [-0.1, -0.05) is 42.5 Å². The number of pyridine rings is 1. The van der Waals surface area contributed by atoms with E-state index in [4.69, 9.17) is 10.7 Å². The first kappa shape index (κ1) is 23.3. The second kappa shape index (κ2) is 9.19. The highest BCUT2D eigenvalue weighted by Crippen LogP contribution is 2.40. The molecule has 0 radical (unpaired) electrons. The first-order valence-corrected chi connectivity index (χ1v) is 13.4. The van der Waals surface area contributed by atoms with Crippen LogP contribution in [-0.4, -0.2) is 41.9 Å². The van der Waals surface area contributed by atoms with Crippen molar-refractivity contribution in [2.75, 3.05) is 5.73 Å². The quantitative estimate of drug-likeness (QED) is 0.327. The SMILES string of the molecule is Nc1ncnc2c1ccn2[C@@H]1C[C@H](CCc2ccc3cc4c(nc3c2)C[C@H](c2ccccc2)C4)[C@@H](O)[C@H]1O. The summed E-state index contributed by atoms with van der Waals surface area (Å²) in [7, 11) is 0. The van der Waals surface area contributed by atoms with Crippen LogP contribution in [0.2, 0.25) is 0 Å². The van der Waals surface area contributed by atoms with Crippen molar-refractivity contribution in [3.63, 3.8) is 0 Å². The molecule has 4 N–H and O–H groups in total. The van der Waals surface area contributed by atoms with Crippen molar-refractivity contribution in [2.24, 2.45) is 5.92 Å². The molecule has 5 aromatic rings. The lowest BCUT2D eigenvalue weighted by atomic mass is 9.95. The molecule has 0 bridgehead atoms. The first-order valence-electron chi connectivity index (χ1n) is 13.4. The summed E-state index contributed by atoms with van der Waals surface area (Å²) < 4.78 is 1.94. The third-order valence-electron chi connectivity index (χ3n) is 8.70. The number of nitrogens with two attached hydrogens (primary N) is 1. The maximum absolute atomic E-state index is 10.9. The normalized spacial score (nSPS) is 24.8. The van der Waals surface area contributed by atoms with Crippen LogP contribution in [0.3, 0.4) is 0 Å². The van der Waals surface area contributed by atoms with Gasteiger partial charge in [0.1, 0.15) is 23.9 Å². The molecule has 2 aliphatic rings. The van der Waals surface area contributed by atoms with Gasteiger partial charge in [0.15, 0.2) is 0 Å². The van der Waals surface area contributed by atoms with E-state index in [1.807, 2.05) is 16.8 Å². The highest BCUT2D eigenvalue weighted by Gasteiger charge is 2.42. The van der Waals surface area contributed by atoms with Crippen molar-refractivity contribution >= 4 is 27.8 Å². The van der Waals surface area contributed by atoms with Crippen LogP contribution in [0.5, 0.6) is 0 Å². The Hall–Kier alpha value is -3.81. The Morgan fingerprint density at radius 3 is 2.68 bits per heavy atom. The van der Waals surface area contributed by atoms with E-state index < -0.39 is 12.2 Å². The third-order valence-corrected chi connectivity index (χ3v) is 8.70. The molecule has 1 saturated carbocycles. The van der Waals surface area contributed by atoms with Crippen molar-refractivity contribution in [1.82, 2.24) is 19.5 Å². The van der Waals surface area contributed by atoms with Crippen LogP contribution in [0.15, 0.2) is 73.2 Å². The molecule has 1 fully saturated rings. The van der Waals surface area contributed by atoms with Crippen molar-refractivity contribution < 1.29 is 10.2 Å². The summed E-state index contributed by atoms with van der Waals surface area (Å²) >= 11 is 0. The topological polar surface area (TPSA) is 110 Å². The van der Waals surface area contributed by atoms with E-state index in [9.17, 15) is 10.2 Å². The average molecular weight is 506 g/mol. The van der Waals surface area contributed by atoms with Gasteiger partial charge in [-0.25, -0.2) is 9.97 Å². The summed E-state index contributed by atoms with van der Waals surface area (Å²) in [5, 5.41) is 23.7. The number of aliphatic hydroxyl groups is 2. The molecule has 0 amide bonds. The molecule has 0 aliphatic heterocycles. The molecule has 7 nitrogen and oxygen atoms in total. The number of aromatic nitrogens is 4. The van der Waals surface area contributed by atoms with Gasteiger partial charge in [-0.05, 0) is 78.8 Å². The minimum Gasteiger partial charge on any atom is -0.390 e. The van der Waals surface area contributed by atoms with Gasteiger partial charge in [-0.3, -0.25) is 4.98 Å². The highest BCUT2D eigenvalue weighted by atomic mass is 16.3. The van der Waals surface area contributed by atoms with Crippen LogP contribution >= 0.6 is 0 Å². The van der Waals surface area contributed by atoms with E-state index in [0.29, 0.717) is 23.8 Å². The maximum Gasteiger partial charge on any atom is 0.145 e. The Labute approximate surface area is 221 Å². The van der Waals surface area contributed by atoms with Crippen LogP contribution in [0, 0.1) is 5.92 Å². The number of hydrogen-bond acceptors (Lipinski definition) is 6. The maximum atomic E-state index is 10.9. The lowest BCUT2D eigenvalue weighted by molar-refractivity contribution is 0.00545. The van der Waals surface area contributed by atoms with Gasteiger partial charge in [0.25, 0.3) is 0 Å². The van der Waals surface area contributed by atoms with E-state index in [0.717, 1.165) is 36.6 Å². The number of rotatable bonds is 5. The van der Waals surface area contributed by atoms with Gasteiger partial charge in [0.05, 0.1) is 23.0 Å². The van der Waals surface area contributed by atoms with E-state index in [1.165, 1.54) is 34.1 Å². The van der Waals surface area contributed by atoms with Gasteiger partial charge in [0, 0.05) is 17.3 Å². The molecule has 2 aromatic carbocycles. The molecule has 38 heavy (non-hydrogen) atoms. The third kappa shape index (κ3) is 3.94. The van der Waals surface area contributed by atoms with E-state index >= 15 is 0 Å². The van der Waals surface area contributed by atoms with Crippen molar-refractivity contribution in [3.05, 3.63) is 95.6 Å². The Morgan fingerprint density at radius 2 is 1.82 bits per heavy atom. The second-order valence-electron chi connectivity index (χ2n) is 10.9. The molecule has 192 valence electrons. The molecule has 0 unspecified atom stereocenters. The van der Waals surface area contributed by atoms with E-state index in [1.54, 1.807) is 0 Å². The van der Waals surface area contributed by atoms with Gasteiger partial charge in [-0.15, -0.1) is 0 Å². The van der Waals surface area contributed by atoms with Crippen molar-refractivity contribution in [1.29, 1.82) is 0 Å². The zero-order valence-electron chi connectivity index (χ0n) is 21.1. The number of aliphatic hydroxyl groups excluding tert-OH is 2. The molecule has 7 heteroatoms. The fraction of sp³-hybridized carbons (Fsp3) is 0.323. The molecule has 0 spiro atoms. The largest absolute Gasteiger partial charge is 0.390 e. The van der Waals surface area contributed by atoms with Gasteiger partial charge in [-0.2, -0.15) is 0 Å². The van der Waals surface area contributed by atoms with Crippen molar-refractivity contribution in [3.8, 4) is 0 Å². The predicted molar refractivity (Wildman–Crippen MR) is 148 cm³/mol.